The Morgan fingerprint density at radius 1 is 0.933 bits per heavy atom. The third-order valence-electron chi connectivity index (χ3n) is 15.3. The smallest absolute Gasteiger partial charge is 0.408 e. The Labute approximate surface area is 358 Å². The third kappa shape index (κ3) is 10.0. The summed E-state index contributed by atoms with van der Waals surface area (Å²) in [5.41, 5.74) is -1.53. The largest absolute Gasteiger partial charge is 0.481 e. The molecular weight excluding hydrogens is 771 g/mol. The summed E-state index contributed by atoms with van der Waals surface area (Å²) >= 11 is 0. The number of alkyl carbamates (subject to hydrolysis) is 1. The van der Waals surface area contributed by atoms with Crippen LogP contribution in [0.25, 0.3) is 0 Å². The van der Waals surface area contributed by atoms with Gasteiger partial charge in [0.2, 0.25) is 0 Å². The normalized spacial score (nSPS) is 42.1. The standard InChI is InChI=1S/C47H77NO12/c1-12-24-55-44(53)48-34-18-23-47(60-42(34)36-19-21-45(11,58-36)37-20-22-46(54,15-4)31(10)56-37)28(7)25-27(6)41(59-47)33(14-3)39(50)29(8)38(49)30(9)40-26(5)16-17-35(57-40)32(13-2)43(51)52/h12,18,23,26-38,40-42,49,54H,1,13-17,19-22,24-25H2,2-11H3,(H,48,53)(H,51,52)/t26-,27-,28+,29-,30-,31-,32+,33-,34+,35+,36?,37+,38+,40+,41-,42?,45-,46+,47-/m0/s1. The number of amides is 1. The predicted octanol–water partition coefficient (Wildman–Crippen LogP) is 7.15. The molecule has 4 fully saturated rings. The van der Waals surface area contributed by atoms with E-state index in [9.17, 15) is 29.7 Å². The van der Waals surface area contributed by atoms with Crippen LogP contribution in [0.15, 0.2) is 24.8 Å². The van der Waals surface area contributed by atoms with Gasteiger partial charge in [0.05, 0.1) is 65.9 Å². The Balaban J connectivity index is 1.35. The molecule has 0 radical (unpaired) electrons. The van der Waals surface area contributed by atoms with Gasteiger partial charge in [0.15, 0.2) is 5.79 Å². The van der Waals surface area contributed by atoms with Gasteiger partial charge in [-0.25, -0.2) is 4.79 Å². The fourth-order valence-corrected chi connectivity index (χ4v) is 11.1. The van der Waals surface area contributed by atoms with Crippen molar-refractivity contribution in [2.75, 3.05) is 6.61 Å². The van der Waals surface area contributed by atoms with E-state index in [1.165, 1.54) is 6.08 Å². The number of carbonyl (C=O) groups is 3. The molecule has 13 heteroatoms. The number of hydrogen-bond donors (Lipinski definition) is 4. The van der Waals surface area contributed by atoms with Gasteiger partial charge in [-0.05, 0) is 96.0 Å². The van der Waals surface area contributed by atoms with Gasteiger partial charge in [-0.2, -0.15) is 0 Å². The molecule has 4 saturated heterocycles. The molecule has 0 aliphatic carbocycles. The summed E-state index contributed by atoms with van der Waals surface area (Å²) in [6.45, 7) is 23.4. The average Bonchev–Trinajstić information content (AvgIpc) is 3.63. The van der Waals surface area contributed by atoms with Crippen LogP contribution in [0.3, 0.4) is 0 Å². The van der Waals surface area contributed by atoms with Crippen LogP contribution in [0.2, 0.25) is 0 Å². The molecule has 0 saturated carbocycles. The van der Waals surface area contributed by atoms with Gasteiger partial charge >= 0.3 is 12.1 Å². The SMILES string of the molecule is C=CCOC(=O)N[C@@H]1C=C[C@@]2(OC1C1CC[C@@](C)([C@H]3CC[C@](O)(CC)[C@H](C)O3)O1)O[C@H]([C@@H](CC)C(=O)[C@@H](C)[C@@H](O)[C@H](C)[C@@H]1O[C@@H]([C@@H](CC)C(=O)O)CC[C@@H]1C)[C@@H](C)C[C@H]2C. The van der Waals surface area contributed by atoms with E-state index in [4.69, 9.17) is 28.4 Å². The van der Waals surface area contributed by atoms with E-state index >= 15 is 0 Å². The monoisotopic (exact) mass is 848 g/mol. The van der Waals surface area contributed by atoms with Gasteiger partial charge in [-0.3, -0.25) is 9.59 Å². The molecule has 5 rings (SSSR count). The van der Waals surface area contributed by atoms with Gasteiger partial charge < -0.3 is 49.1 Å². The number of hydrogen-bond acceptors (Lipinski definition) is 11. The molecule has 0 aromatic rings. The summed E-state index contributed by atoms with van der Waals surface area (Å²) in [4.78, 5) is 39.5. The van der Waals surface area contributed by atoms with Crippen LogP contribution in [0.4, 0.5) is 4.79 Å². The second-order valence-corrected chi connectivity index (χ2v) is 19.3. The summed E-state index contributed by atoms with van der Waals surface area (Å²) in [6.07, 6.45) is 6.83. The molecule has 2 unspecified atom stereocenters. The number of aliphatic carboxylic acids is 1. The first-order valence-corrected chi connectivity index (χ1v) is 23.0. The van der Waals surface area contributed by atoms with E-state index < -0.39 is 95.4 Å². The maximum atomic E-state index is 14.6. The van der Waals surface area contributed by atoms with Crippen LogP contribution in [0.5, 0.6) is 0 Å². The Kier molecular flexibility index (Phi) is 16.2. The van der Waals surface area contributed by atoms with E-state index in [-0.39, 0.29) is 42.4 Å². The summed E-state index contributed by atoms with van der Waals surface area (Å²) in [5, 5.41) is 35.7. The zero-order chi connectivity index (χ0) is 44.3. The zero-order valence-electron chi connectivity index (χ0n) is 38.0. The predicted molar refractivity (Wildman–Crippen MR) is 226 cm³/mol. The summed E-state index contributed by atoms with van der Waals surface area (Å²) < 4.78 is 39.3. The lowest BCUT2D eigenvalue weighted by Crippen LogP contribution is -2.62. The highest BCUT2D eigenvalue weighted by Gasteiger charge is 2.57. The molecule has 5 aliphatic heterocycles. The molecule has 5 aliphatic rings. The van der Waals surface area contributed by atoms with E-state index in [1.54, 1.807) is 6.92 Å². The molecular formula is C47H77NO12. The number of carboxylic acids is 1. The van der Waals surface area contributed by atoms with E-state index in [1.807, 2.05) is 46.8 Å². The van der Waals surface area contributed by atoms with E-state index in [2.05, 4.69) is 39.6 Å². The van der Waals surface area contributed by atoms with Gasteiger partial charge in [-0.1, -0.05) is 74.1 Å². The molecule has 0 aromatic carbocycles. The summed E-state index contributed by atoms with van der Waals surface area (Å²) in [7, 11) is 0. The summed E-state index contributed by atoms with van der Waals surface area (Å²) in [6, 6.07) is -0.613. The first-order chi connectivity index (χ1) is 28.3. The minimum absolute atomic E-state index is 0.0100. The van der Waals surface area contributed by atoms with E-state index in [0.717, 1.165) is 6.42 Å². The Hall–Kier alpha value is -2.39. The average molecular weight is 848 g/mol. The van der Waals surface area contributed by atoms with Crippen molar-refractivity contribution in [1.29, 1.82) is 0 Å². The number of carboxylic acid groups (broad SMARTS) is 1. The van der Waals surface area contributed by atoms with E-state index in [0.29, 0.717) is 57.8 Å². The molecule has 0 aromatic heterocycles. The first kappa shape index (κ1) is 48.6. The second kappa shape index (κ2) is 20.0. The Bertz CT molecular complexity index is 1520. The van der Waals surface area contributed by atoms with Crippen molar-refractivity contribution in [2.24, 2.45) is 41.4 Å². The number of ether oxygens (including phenoxy) is 6. The Morgan fingerprint density at radius 2 is 1.63 bits per heavy atom. The minimum atomic E-state index is -1.23. The van der Waals surface area contributed by atoms with Crippen molar-refractivity contribution < 1.29 is 58.1 Å². The fraction of sp³-hybridized carbons (Fsp3) is 0.851. The first-order valence-electron chi connectivity index (χ1n) is 23.0. The Morgan fingerprint density at radius 3 is 2.25 bits per heavy atom. The van der Waals surface area contributed by atoms with Crippen molar-refractivity contribution in [3.8, 4) is 0 Å². The van der Waals surface area contributed by atoms with Crippen molar-refractivity contribution in [1.82, 2.24) is 5.32 Å². The van der Waals surface area contributed by atoms with Gasteiger partial charge in [0.25, 0.3) is 0 Å². The lowest BCUT2D eigenvalue weighted by atomic mass is 9.72. The molecule has 0 bridgehead atoms. The number of rotatable bonds is 16. The molecule has 1 spiro atoms. The highest BCUT2D eigenvalue weighted by Crippen LogP contribution is 2.49. The number of carbonyl (C=O) groups excluding carboxylic acids is 2. The lowest BCUT2D eigenvalue weighted by Gasteiger charge is -2.52. The van der Waals surface area contributed by atoms with Crippen LogP contribution < -0.4 is 5.32 Å². The van der Waals surface area contributed by atoms with Crippen molar-refractivity contribution in [3.05, 3.63) is 24.8 Å². The quantitative estimate of drug-likeness (QED) is 0.116. The molecule has 19 atom stereocenters. The van der Waals surface area contributed by atoms with Crippen molar-refractivity contribution >= 4 is 17.8 Å². The van der Waals surface area contributed by atoms with Crippen LogP contribution in [-0.2, 0) is 38.0 Å². The topological polar surface area (TPSA) is 179 Å². The highest BCUT2D eigenvalue weighted by atomic mass is 16.7. The molecule has 13 nitrogen and oxygen atoms in total. The molecule has 342 valence electrons. The molecule has 1 amide bonds. The molecule has 4 N–H and O–H groups in total. The fourth-order valence-electron chi connectivity index (χ4n) is 11.1. The number of ketones is 1. The zero-order valence-corrected chi connectivity index (χ0v) is 38.0. The maximum Gasteiger partial charge on any atom is 0.408 e. The molecule has 60 heavy (non-hydrogen) atoms. The van der Waals surface area contributed by atoms with Gasteiger partial charge in [0, 0.05) is 23.7 Å². The number of aliphatic hydroxyl groups is 2. The number of Topliss-reactive ketones (excluding diaryl/α,β-unsaturated/α-hetero) is 1. The highest BCUT2D eigenvalue weighted by molar-refractivity contribution is 5.84. The summed E-state index contributed by atoms with van der Waals surface area (Å²) in [5.74, 6) is -4.56. The van der Waals surface area contributed by atoms with Crippen LogP contribution in [-0.4, -0.2) is 112 Å². The minimum Gasteiger partial charge on any atom is -0.481 e. The number of aliphatic hydroxyl groups excluding tert-OH is 1. The number of nitrogens with one attached hydrogen (secondary N) is 1. The van der Waals surface area contributed by atoms with Crippen LogP contribution in [0, 0.1) is 41.4 Å². The molecule has 5 heterocycles. The van der Waals surface area contributed by atoms with Gasteiger partial charge in [0.1, 0.15) is 18.5 Å². The van der Waals surface area contributed by atoms with Crippen LogP contribution >= 0.6 is 0 Å². The lowest BCUT2D eigenvalue weighted by molar-refractivity contribution is -0.327. The maximum absolute atomic E-state index is 14.6. The van der Waals surface area contributed by atoms with Crippen molar-refractivity contribution in [3.63, 3.8) is 0 Å². The third-order valence-corrected chi connectivity index (χ3v) is 15.3. The van der Waals surface area contributed by atoms with Crippen LogP contribution in [0.1, 0.15) is 133 Å². The van der Waals surface area contributed by atoms with Gasteiger partial charge in [-0.15, -0.1) is 0 Å². The second-order valence-electron chi connectivity index (χ2n) is 19.3. The van der Waals surface area contributed by atoms with Crippen molar-refractivity contribution in [2.45, 2.75) is 205 Å².